The van der Waals surface area contributed by atoms with Gasteiger partial charge in [0, 0.05) is 38.0 Å². The average molecular weight is 352 g/mol. The highest BCUT2D eigenvalue weighted by atomic mass is 19.1. The Morgan fingerprint density at radius 1 is 1.20 bits per heavy atom. The predicted octanol–water partition coefficient (Wildman–Crippen LogP) is 1.80. The first-order valence-electron chi connectivity index (χ1n) is 8.58. The van der Waals surface area contributed by atoms with E-state index in [1.807, 2.05) is 0 Å². The average Bonchev–Trinajstić information content (AvgIpc) is 2.58. The van der Waals surface area contributed by atoms with Gasteiger partial charge >= 0.3 is 0 Å². The maximum Gasteiger partial charge on any atom is 0.259 e. The lowest BCUT2D eigenvalue weighted by Crippen LogP contribution is -2.55. The van der Waals surface area contributed by atoms with Crippen molar-refractivity contribution in [3.05, 3.63) is 35.4 Å². The van der Waals surface area contributed by atoms with Crippen molar-refractivity contribution in [2.24, 2.45) is 5.41 Å². The van der Waals surface area contributed by atoms with Crippen molar-refractivity contribution >= 4 is 11.8 Å². The van der Waals surface area contributed by atoms with Gasteiger partial charge in [-0.3, -0.25) is 9.59 Å². The summed E-state index contributed by atoms with van der Waals surface area (Å²) in [5, 5.41) is 9.13. The van der Waals surface area contributed by atoms with Gasteiger partial charge in [-0.25, -0.2) is 8.78 Å². The van der Waals surface area contributed by atoms with Crippen LogP contribution in [0.5, 0.6) is 0 Å². The minimum Gasteiger partial charge on any atom is -0.395 e. The Hall–Kier alpha value is -2.02. The van der Waals surface area contributed by atoms with Gasteiger partial charge in [-0.15, -0.1) is 0 Å². The first-order chi connectivity index (χ1) is 12.0. The minimum absolute atomic E-state index is 0.00303. The summed E-state index contributed by atoms with van der Waals surface area (Å²) in [7, 11) is 0. The van der Waals surface area contributed by atoms with Crippen LogP contribution in [0.15, 0.2) is 18.2 Å². The summed E-state index contributed by atoms with van der Waals surface area (Å²) in [6.07, 6.45) is 2.60. The number of hydrogen-bond acceptors (Lipinski definition) is 3. The molecule has 25 heavy (non-hydrogen) atoms. The summed E-state index contributed by atoms with van der Waals surface area (Å²) in [6.45, 7) is 1.45. The molecule has 2 fully saturated rings. The largest absolute Gasteiger partial charge is 0.395 e. The van der Waals surface area contributed by atoms with Crippen molar-refractivity contribution in [1.82, 2.24) is 9.80 Å². The van der Waals surface area contributed by atoms with E-state index in [0.29, 0.717) is 32.5 Å². The van der Waals surface area contributed by atoms with E-state index < -0.39 is 23.1 Å². The number of carbonyl (C=O) groups excluding carboxylic acids is 2. The number of hydrogen-bond donors (Lipinski definition) is 1. The van der Waals surface area contributed by atoms with Crippen LogP contribution < -0.4 is 0 Å². The Bertz CT molecular complexity index is 662. The fraction of sp³-hybridized carbons (Fsp3) is 0.556. The molecule has 7 heteroatoms. The highest BCUT2D eigenvalue weighted by Gasteiger charge is 2.43. The second kappa shape index (κ2) is 7.07. The third-order valence-electron chi connectivity index (χ3n) is 5.24. The number of rotatable bonds is 3. The van der Waals surface area contributed by atoms with Crippen LogP contribution in [0.4, 0.5) is 8.78 Å². The molecule has 0 bridgehead atoms. The smallest absolute Gasteiger partial charge is 0.259 e. The number of nitrogens with zero attached hydrogens (tertiary/aromatic N) is 2. The summed E-state index contributed by atoms with van der Waals surface area (Å²) < 4.78 is 27.9. The molecule has 1 aromatic carbocycles. The van der Waals surface area contributed by atoms with Crippen molar-refractivity contribution in [2.75, 3.05) is 32.8 Å². The first kappa shape index (κ1) is 17.8. The number of halogens is 2. The lowest BCUT2D eigenvalue weighted by atomic mass is 9.73. The monoisotopic (exact) mass is 352 g/mol. The molecule has 1 spiro atoms. The number of aliphatic hydroxyl groups is 1. The lowest BCUT2D eigenvalue weighted by Gasteiger charge is -2.48. The highest BCUT2D eigenvalue weighted by molar-refractivity contribution is 5.95. The molecule has 0 aromatic heterocycles. The van der Waals surface area contributed by atoms with E-state index in [1.54, 1.807) is 4.90 Å². The van der Waals surface area contributed by atoms with E-state index in [4.69, 9.17) is 5.11 Å². The van der Waals surface area contributed by atoms with Crippen molar-refractivity contribution in [1.29, 1.82) is 0 Å². The van der Waals surface area contributed by atoms with Gasteiger partial charge < -0.3 is 14.9 Å². The SMILES string of the molecule is O=C1CC[C@@]2(CCCN(C(=O)c3c(F)cccc3F)C2)CN1CCO. The number of likely N-dealkylation sites (tertiary alicyclic amines) is 2. The first-order valence-corrected chi connectivity index (χ1v) is 8.58. The maximum absolute atomic E-state index is 13.9. The van der Waals surface area contributed by atoms with Gasteiger partial charge in [0.25, 0.3) is 5.91 Å². The molecule has 1 aromatic rings. The van der Waals surface area contributed by atoms with Crippen LogP contribution in [0, 0.1) is 17.0 Å². The number of amides is 2. The molecule has 2 amide bonds. The Morgan fingerprint density at radius 2 is 1.92 bits per heavy atom. The van der Waals surface area contributed by atoms with E-state index in [0.717, 1.165) is 25.0 Å². The molecule has 2 aliphatic rings. The summed E-state index contributed by atoms with van der Waals surface area (Å²) in [5.41, 5.74) is -0.780. The van der Waals surface area contributed by atoms with Gasteiger partial charge in [-0.2, -0.15) is 0 Å². The highest BCUT2D eigenvalue weighted by Crippen LogP contribution is 2.39. The van der Waals surface area contributed by atoms with Gasteiger partial charge in [0.2, 0.25) is 5.91 Å². The molecule has 2 saturated heterocycles. The number of carbonyl (C=O) groups is 2. The summed E-state index contributed by atoms with van der Waals surface area (Å²) in [6, 6.07) is 3.40. The molecular formula is C18H22F2N2O3. The number of aliphatic hydroxyl groups excluding tert-OH is 1. The van der Waals surface area contributed by atoms with Crippen LogP contribution in [0.3, 0.4) is 0 Å². The molecule has 1 atom stereocenters. The van der Waals surface area contributed by atoms with Crippen LogP contribution in [-0.4, -0.2) is 59.5 Å². The van der Waals surface area contributed by atoms with Crippen molar-refractivity contribution in [3.63, 3.8) is 0 Å². The van der Waals surface area contributed by atoms with Crippen molar-refractivity contribution in [3.8, 4) is 0 Å². The quantitative estimate of drug-likeness (QED) is 0.902. The summed E-state index contributed by atoms with van der Waals surface area (Å²) in [5.74, 6) is -2.35. The summed E-state index contributed by atoms with van der Waals surface area (Å²) >= 11 is 0. The zero-order chi connectivity index (χ0) is 18.0. The molecule has 2 heterocycles. The maximum atomic E-state index is 13.9. The third-order valence-corrected chi connectivity index (χ3v) is 5.24. The zero-order valence-electron chi connectivity index (χ0n) is 14.0. The molecule has 0 radical (unpaired) electrons. The molecule has 1 N–H and O–H groups in total. The van der Waals surface area contributed by atoms with Crippen LogP contribution in [0.2, 0.25) is 0 Å². The van der Waals surface area contributed by atoms with Gasteiger partial charge in [0.05, 0.1) is 6.61 Å². The van der Waals surface area contributed by atoms with Gasteiger partial charge in [0.1, 0.15) is 17.2 Å². The number of piperidine rings is 2. The fourth-order valence-corrected chi connectivity index (χ4v) is 4.00. The van der Waals surface area contributed by atoms with Crippen LogP contribution in [0.25, 0.3) is 0 Å². The van der Waals surface area contributed by atoms with Crippen molar-refractivity contribution < 1.29 is 23.5 Å². The second-order valence-corrected chi connectivity index (χ2v) is 6.97. The van der Waals surface area contributed by atoms with Gasteiger partial charge in [-0.05, 0) is 31.4 Å². The Kier molecular flexibility index (Phi) is 5.03. The van der Waals surface area contributed by atoms with E-state index in [2.05, 4.69) is 0 Å². The third kappa shape index (κ3) is 3.51. The lowest BCUT2D eigenvalue weighted by molar-refractivity contribution is -0.139. The fourth-order valence-electron chi connectivity index (χ4n) is 4.00. The Balaban J connectivity index is 1.79. The molecular weight excluding hydrogens is 330 g/mol. The zero-order valence-corrected chi connectivity index (χ0v) is 14.0. The molecule has 0 saturated carbocycles. The molecule has 5 nitrogen and oxygen atoms in total. The predicted molar refractivity (Wildman–Crippen MR) is 86.8 cm³/mol. The molecule has 2 aliphatic heterocycles. The van der Waals surface area contributed by atoms with Crippen LogP contribution >= 0.6 is 0 Å². The molecule has 0 unspecified atom stereocenters. The Labute approximate surface area is 145 Å². The van der Waals surface area contributed by atoms with E-state index in [-0.39, 0.29) is 24.5 Å². The van der Waals surface area contributed by atoms with Crippen molar-refractivity contribution in [2.45, 2.75) is 25.7 Å². The second-order valence-electron chi connectivity index (χ2n) is 6.97. The number of β-amino-alcohol motifs (C(OH)–C–C–N with tert-alkyl or cyclic N) is 1. The van der Waals surface area contributed by atoms with E-state index in [1.165, 1.54) is 11.0 Å². The normalized spacial score (nSPS) is 24.0. The Morgan fingerprint density at radius 3 is 2.60 bits per heavy atom. The molecule has 0 aliphatic carbocycles. The van der Waals surface area contributed by atoms with Crippen LogP contribution in [-0.2, 0) is 4.79 Å². The summed E-state index contributed by atoms with van der Waals surface area (Å²) in [4.78, 5) is 27.8. The number of benzene rings is 1. The van der Waals surface area contributed by atoms with Gasteiger partial charge in [-0.1, -0.05) is 6.07 Å². The standard InChI is InChI=1S/C18H22F2N2O3/c19-13-3-1-4-14(20)16(13)17(25)22-8-2-6-18(12-22)7-5-15(24)21(11-18)9-10-23/h1,3-4,23H,2,5-12H2/t18-/m0/s1. The molecule has 3 rings (SSSR count). The van der Waals surface area contributed by atoms with E-state index in [9.17, 15) is 18.4 Å². The van der Waals surface area contributed by atoms with Gasteiger partial charge in [0.15, 0.2) is 0 Å². The minimum atomic E-state index is -0.856. The van der Waals surface area contributed by atoms with Crippen LogP contribution in [0.1, 0.15) is 36.0 Å². The topological polar surface area (TPSA) is 60.9 Å². The van der Waals surface area contributed by atoms with E-state index >= 15 is 0 Å². The molecule has 136 valence electrons.